The second-order valence-corrected chi connectivity index (χ2v) is 6.88. The van der Waals surface area contributed by atoms with Crippen LogP contribution in [0, 0.1) is 0 Å². The summed E-state index contributed by atoms with van der Waals surface area (Å²) in [5.41, 5.74) is 0.958. The lowest BCUT2D eigenvalue weighted by Gasteiger charge is -2.34. The van der Waals surface area contributed by atoms with Gasteiger partial charge in [-0.2, -0.15) is 9.78 Å². The van der Waals surface area contributed by atoms with E-state index in [0.717, 1.165) is 25.8 Å². The van der Waals surface area contributed by atoms with Crippen molar-refractivity contribution < 1.29 is 4.79 Å². The molecule has 0 radical (unpaired) electrons. The molecular formula is C19H23ClN4O2. The monoisotopic (exact) mass is 374 g/mol. The van der Waals surface area contributed by atoms with E-state index >= 15 is 0 Å². The lowest BCUT2D eigenvalue weighted by molar-refractivity contribution is -0.121. The third kappa shape index (κ3) is 4.07. The Kier molecular flexibility index (Phi) is 5.93. The van der Waals surface area contributed by atoms with Gasteiger partial charge in [0.1, 0.15) is 5.02 Å². The number of anilines is 1. The summed E-state index contributed by atoms with van der Waals surface area (Å²) in [6.07, 6.45) is 4.85. The van der Waals surface area contributed by atoms with Gasteiger partial charge in [0.05, 0.1) is 17.6 Å². The molecule has 7 heteroatoms. The number of aromatic nitrogens is 2. The number of nitrogens with one attached hydrogen (secondary N) is 1. The zero-order valence-corrected chi connectivity index (χ0v) is 15.6. The highest BCUT2D eigenvalue weighted by Crippen LogP contribution is 2.25. The molecule has 26 heavy (non-hydrogen) atoms. The maximum atomic E-state index is 12.6. The Morgan fingerprint density at radius 3 is 2.85 bits per heavy atom. The quantitative estimate of drug-likeness (QED) is 0.873. The summed E-state index contributed by atoms with van der Waals surface area (Å²) in [6, 6.07) is 9.26. The first-order chi connectivity index (χ1) is 12.6. The smallest absolute Gasteiger partial charge is 0.292 e. The van der Waals surface area contributed by atoms with Crippen molar-refractivity contribution in [1.82, 2.24) is 15.1 Å². The number of hydrogen-bond donors (Lipinski definition) is 1. The normalized spacial score (nSPS) is 17.2. The fourth-order valence-corrected chi connectivity index (χ4v) is 3.49. The van der Waals surface area contributed by atoms with Crippen molar-refractivity contribution >= 4 is 23.2 Å². The van der Waals surface area contributed by atoms with E-state index in [2.05, 4.69) is 10.4 Å². The van der Waals surface area contributed by atoms with E-state index in [0.29, 0.717) is 24.3 Å². The second kappa shape index (κ2) is 8.36. The van der Waals surface area contributed by atoms with E-state index in [-0.39, 0.29) is 22.5 Å². The van der Waals surface area contributed by atoms with Crippen molar-refractivity contribution in [1.29, 1.82) is 0 Å². The highest BCUT2D eigenvalue weighted by atomic mass is 35.5. The minimum absolute atomic E-state index is 0.0652. The molecule has 138 valence electrons. The fraction of sp³-hybridized carbons (Fsp3) is 0.421. The highest BCUT2D eigenvalue weighted by Gasteiger charge is 2.24. The average molecular weight is 375 g/mol. The number of para-hydroxylation sites is 1. The predicted octanol–water partition coefficient (Wildman–Crippen LogP) is 2.77. The van der Waals surface area contributed by atoms with Gasteiger partial charge in [-0.1, -0.05) is 36.7 Å². The molecule has 1 N–H and O–H groups in total. The Labute approximate surface area is 157 Å². The van der Waals surface area contributed by atoms with Gasteiger partial charge in [0.2, 0.25) is 5.91 Å². The van der Waals surface area contributed by atoms with Crippen LogP contribution in [0.2, 0.25) is 5.02 Å². The minimum atomic E-state index is -0.340. The highest BCUT2D eigenvalue weighted by molar-refractivity contribution is 6.33. The molecule has 1 aliphatic heterocycles. The van der Waals surface area contributed by atoms with E-state index in [4.69, 9.17) is 11.6 Å². The van der Waals surface area contributed by atoms with Gasteiger partial charge in [0.25, 0.3) is 5.56 Å². The van der Waals surface area contributed by atoms with Crippen LogP contribution in [0.3, 0.4) is 0 Å². The summed E-state index contributed by atoms with van der Waals surface area (Å²) in [4.78, 5) is 26.5. The van der Waals surface area contributed by atoms with Gasteiger partial charge in [0.15, 0.2) is 0 Å². The molecule has 1 saturated heterocycles. The Morgan fingerprint density at radius 1 is 1.35 bits per heavy atom. The largest absolute Gasteiger partial charge is 0.367 e. The first-order valence-corrected chi connectivity index (χ1v) is 9.35. The van der Waals surface area contributed by atoms with Crippen LogP contribution in [0.15, 0.2) is 41.3 Å². The molecule has 2 heterocycles. The maximum Gasteiger partial charge on any atom is 0.292 e. The molecule has 3 rings (SSSR count). The van der Waals surface area contributed by atoms with Crippen molar-refractivity contribution in [3.05, 3.63) is 51.9 Å². The van der Waals surface area contributed by atoms with Gasteiger partial charge < -0.3 is 10.2 Å². The molecule has 1 amide bonds. The number of rotatable bonds is 5. The number of carbonyl (C=O) groups is 1. The molecular weight excluding hydrogens is 352 g/mol. The molecule has 1 aromatic heterocycles. The first-order valence-electron chi connectivity index (χ1n) is 8.97. The number of halogens is 1. The molecule has 2 aromatic rings. The Morgan fingerprint density at radius 2 is 2.12 bits per heavy atom. The summed E-state index contributed by atoms with van der Waals surface area (Å²) in [6.45, 7) is 3.40. The third-order valence-corrected chi connectivity index (χ3v) is 4.86. The van der Waals surface area contributed by atoms with E-state index in [1.54, 1.807) is 6.20 Å². The number of nitrogens with zero attached hydrogens (tertiary/aromatic N) is 3. The maximum absolute atomic E-state index is 12.6. The Balaban J connectivity index is 1.80. The summed E-state index contributed by atoms with van der Waals surface area (Å²) in [5, 5.41) is 7.51. The van der Waals surface area contributed by atoms with Crippen LogP contribution in [-0.2, 0) is 4.79 Å². The fourth-order valence-electron chi connectivity index (χ4n) is 3.24. The molecule has 1 atom stereocenters. The van der Waals surface area contributed by atoms with E-state index in [9.17, 15) is 9.59 Å². The Bertz CT molecular complexity index is 822. The lowest BCUT2D eigenvalue weighted by atomic mass is 10.0. The van der Waals surface area contributed by atoms with E-state index in [1.165, 1.54) is 4.68 Å². The van der Waals surface area contributed by atoms with Crippen LogP contribution < -0.4 is 15.8 Å². The zero-order chi connectivity index (χ0) is 18.5. The second-order valence-electron chi connectivity index (χ2n) is 6.50. The topological polar surface area (TPSA) is 67.2 Å². The third-order valence-electron chi connectivity index (χ3n) is 4.51. The van der Waals surface area contributed by atoms with Gasteiger partial charge in [0, 0.05) is 25.6 Å². The van der Waals surface area contributed by atoms with Gasteiger partial charge in [-0.15, -0.1) is 0 Å². The molecule has 1 aliphatic rings. The summed E-state index contributed by atoms with van der Waals surface area (Å²) >= 11 is 6.38. The van der Waals surface area contributed by atoms with Gasteiger partial charge >= 0.3 is 0 Å². The van der Waals surface area contributed by atoms with Gasteiger partial charge in [-0.05, 0) is 31.4 Å². The number of piperidine rings is 1. The molecule has 0 spiro atoms. The van der Waals surface area contributed by atoms with Crippen LogP contribution in [0.1, 0.15) is 32.6 Å². The molecule has 0 bridgehead atoms. The van der Waals surface area contributed by atoms with Gasteiger partial charge in [-0.25, -0.2) is 0 Å². The molecule has 1 unspecified atom stereocenters. The van der Waals surface area contributed by atoms with Crippen molar-refractivity contribution in [3.63, 3.8) is 0 Å². The SMILES string of the molecule is CCCC(=O)NC1CCCN(c2cnn(-c3ccccc3)c(=O)c2Cl)C1. The molecule has 0 saturated carbocycles. The Hall–Kier alpha value is -2.34. The number of benzene rings is 1. The van der Waals surface area contributed by atoms with Crippen LogP contribution >= 0.6 is 11.6 Å². The first kappa shape index (κ1) is 18.5. The minimum Gasteiger partial charge on any atom is -0.367 e. The molecule has 0 aliphatic carbocycles. The van der Waals surface area contributed by atoms with E-state index < -0.39 is 0 Å². The summed E-state index contributed by atoms with van der Waals surface area (Å²) < 4.78 is 1.30. The van der Waals surface area contributed by atoms with Crippen LogP contribution in [0.5, 0.6) is 0 Å². The predicted molar refractivity (Wildman–Crippen MR) is 103 cm³/mol. The average Bonchev–Trinajstić information content (AvgIpc) is 2.65. The van der Waals surface area contributed by atoms with Gasteiger partial charge in [-0.3, -0.25) is 9.59 Å². The summed E-state index contributed by atoms with van der Waals surface area (Å²) in [5.74, 6) is 0.0723. The lowest BCUT2D eigenvalue weighted by Crippen LogP contribution is -2.48. The van der Waals surface area contributed by atoms with Crippen molar-refractivity contribution in [2.75, 3.05) is 18.0 Å². The zero-order valence-electron chi connectivity index (χ0n) is 14.8. The molecule has 1 aromatic carbocycles. The number of hydrogen-bond acceptors (Lipinski definition) is 4. The number of carbonyl (C=O) groups excluding carboxylic acids is 1. The van der Waals surface area contributed by atoms with Crippen molar-refractivity contribution in [2.24, 2.45) is 0 Å². The van der Waals surface area contributed by atoms with Crippen LogP contribution in [0.25, 0.3) is 5.69 Å². The standard InChI is InChI=1S/C19H23ClN4O2/c1-2-7-17(25)22-14-8-6-11-23(13-14)16-12-21-24(19(26)18(16)20)15-9-4-3-5-10-15/h3-5,9-10,12,14H,2,6-8,11,13H2,1H3,(H,22,25). The van der Waals surface area contributed by atoms with Crippen molar-refractivity contribution in [3.8, 4) is 5.69 Å². The summed E-state index contributed by atoms with van der Waals surface area (Å²) in [7, 11) is 0. The van der Waals surface area contributed by atoms with Crippen LogP contribution in [0.4, 0.5) is 5.69 Å². The van der Waals surface area contributed by atoms with E-state index in [1.807, 2.05) is 42.2 Å². The number of amides is 1. The molecule has 1 fully saturated rings. The van der Waals surface area contributed by atoms with Crippen molar-refractivity contribution in [2.45, 2.75) is 38.6 Å². The van der Waals surface area contributed by atoms with Crippen LogP contribution in [-0.4, -0.2) is 34.8 Å². The molecule has 6 nitrogen and oxygen atoms in total.